The highest BCUT2D eigenvalue weighted by atomic mass is 35.5. The lowest BCUT2D eigenvalue weighted by atomic mass is 9.83. The second kappa shape index (κ2) is 5.41. The molecule has 0 heterocycles. The number of halogens is 1. The predicted octanol–water partition coefficient (Wildman–Crippen LogP) is 4.46. The number of benzene rings is 1. The van der Waals surface area contributed by atoms with Crippen LogP contribution in [-0.2, 0) is 6.54 Å². The molecule has 0 aliphatic heterocycles. The van der Waals surface area contributed by atoms with Crippen LogP contribution in [0.2, 0.25) is 5.02 Å². The molecule has 0 amide bonds. The maximum absolute atomic E-state index is 5.97. The van der Waals surface area contributed by atoms with Crippen molar-refractivity contribution in [3.63, 3.8) is 0 Å². The van der Waals surface area contributed by atoms with Gasteiger partial charge < -0.3 is 5.32 Å². The van der Waals surface area contributed by atoms with Gasteiger partial charge in [-0.3, -0.25) is 0 Å². The van der Waals surface area contributed by atoms with Crippen molar-refractivity contribution < 1.29 is 0 Å². The molecule has 1 saturated carbocycles. The Kier molecular flexibility index (Phi) is 4.11. The molecule has 0 aromatic heterocycles. The van der Waals surface area contributed by atoms with Crippen molar-refractivity contribution in [2.24, 2.45) is 0 Å². The quantitative estimate of drug-likeness (QED) is 0.836. The molecule has 1 N–H and O–H groups in total. The van der Waals surface area contributed by atoms with Crippen molar-refractivity contribution >= 4 is 11.6 Å². The van der Waals surface area contributed by atoms with E-state index in [0.717, 1.165) is 11.6 Å². The van der Waals surface area contributed by atoms with Crippen LogP contribution in [0.25, 0.3) is 0 Å². The summed E-state index contributed by atoms with van der Waals surface area (Å²) in [5, 5.41) is 4.56. The summed E-state index contributed by atoms with van der Waals surface area (Å²) in [6.07, 6.45) is 6.74. The van der Waals surface area contributed by atoms with Crippen LogP contribution < -0.4 is 5.32 Å². The van der Waals surface area contributed by atoms with Crippen LogP contribution in [0.5, 0.6) is 0 Å². The van der Waals surface area contributed by atoms with Gasteiger partial charge >= 0.3 is 0 Å². The standard InChI is InChI=1S/C15H22ClN/c1-12-10-14(16)7-6-13(12)11-17-15(2)8-4-3-5-9-15/h6-7,10,17H,3-5,8-9,11H2,1-2H3. The molecule has 2 rings (SSSR count). The minimum atomic E-state index is 0.338. The SMILES string of the molecule is Cc1cc(Cl)ccc1CNC1(C)CCCCC1. The van der Waals surface area contributed by atoms with E-state index in [0.29, 0.717) is 5.54 Å². The second-order valence-electron chi connectivity index (χ2n) is 5.55. The highest BCUT2D eigenvalue weighted by Crippen LogP contribution is 2.28. The summed E-state index contributed by atoms with van der Waals surface area (Å²) in [6.45, 7) is 5.45. The van der Waals surface area contributed by atoms with Gasteiger partial charge in [0, 0.05) is 17.1 Å². The lowest BCUT2D eigenvalue weighted by Crippen LogP contribution is -2.43. The highest BCUT2D eigenvalue weighted by molar-refractivity contribution is 6.30. The van der Waals surface area contributed by atoms with E-state index in [9.17, 15) is 0 Å². The van der Waals surface area contributed by atoms with Crippen molar-refractivity contribution in [3.05, 3.63) is 34.3 Å². The fourth-order valence-corrected chi connectivity index (χ4v) is 2.90. The van der Waals surface area contributed by atoms with Gasteiger partial charge in [0.1, 0.15) is 0 Å². The van der Waals surface area contributed by atoms with Crippen LogP contribution in [0.3, 0.4) is 0 Å². The number of aryl methyl sites for hydroxylation is 1. The zero-order chi connectivity index (χ0) is 12.3. The predicted molar refractivity (Wildman–Crippen MR) is 74.5 cm³/mol. The third-order valence-corrected chi connectivity index (χ3v) is 4.20. The summed E-state index contributed by atoms with van der Waals surface area (Å²) >= 11 is 5.97. The van der Waals surface area contributed by atoms with Crippen LogP contribution >= 0.6 is 11.6 Å². The molecule has 1 nitrogen and oxygen atoms in total. The molecule has 0 radical (unpaired) electrons. The zero-order valence-electron chi connectivity index (χ0n) is 10.9. The first-order valence-electron chi connectivity index (χ1n) is 6.59. The van der Waals surface area contributed by atoms with E-state index in [1.165, 1.54) is 43.2 Å². The second-order valence-corrected chi connectivity index (χ2v) is 5.98. The van der Waals surface area contributed by atoms with Crippen molar-refractivity contribution in [1.82, 2.24) is 5.32 Å². The molecule has 17 heavy (non-hydrogen) atoms. The monoisotopic (exact) mass is 251 g/mol. The summed E-state index contributed by atoms with van der Waals surface area (Å²) in [4.78, 5) is 0. The Morgan fingerprint density at radius 2 is 1.94 bits per heavy atom. The Balaban J connectivity index is 1.97. The Morgan fingerprint density at radius 1 is 1.24 bits per heavy atom. The van der Waals surface area contributed by atoms with Crippen LogP contribution in [-0.4, -0.2) is 5.54 Å². The maximum Gasteiger partial charge on any atom is 0.0408 e. The van der Waals surface area contributed by atoms with E-state index < -0.39 is 0 Å². The third kappa shape index (κ3) is 3.46. The van der Waals surface area contributed by atoms with Gasteiger partial charge in [-0.1, -0.05) is 36.9 Å². The number of nitrogens with one attached hydrogen (secondary N) is 1. The van der Waals surface area contributed by atoms with Crippen molar-refractivity contribution in [1.29, 1.82) is 0 Å². The normalized spacial score (nSPS) is 19.2. The topological polar surface area (TPSA) is 12.0 Å². The van der Waals surface area contributed by atoms with E-state index in [1.54, 1.807) is 0 Å². The molecule has 1 aliphatic carbocycles. The Morgan fingerprint density at radius 3 is 2.59 bits per heavy atom. The van der Waals surface area contributed by atoms with Crippen molar-refractivity contribution in [2.45, 2.75) is 58.0 Å². The molecule has 0 saturated heterocycles. The number of rotatable bonds is 3. The number of hydrogen-bond acceptors (Lipinski definition) is 1. The molecule has 0 spiro atoms. The summed E-state index contributed by atoms with van der Waals surface area (Å²) in [5.41, 5.74) is 2.98. The van der Waals surface area contributed by atoms with Crippen molar-refractivity contribution in [3.8, 4) is 0 Å². The zero-order valence-corrected chi connectivity index (χ0v) is 11.6. The lowest BCUT2D eigenvalue weighted by molar-refractivity contribution is 0.252. The van der Waals surface area contributed by atoms with Crippen LogP contribution in [0, 0.1) is 6.92 Å². The molecule has 1 aliphatic rings. The molecular formula is C15H22ClN. The van der Waals surface area contributed by atoms with E-state index in [2.05, 4.69) is 25.2 Å². The van der Waals surface area contributed by atoms with Gasteiger partial charge in [0.15, 0.2) is 0 Å². The summed E-state index contributed by atoms with van der Waals surface area (Å²) in [7, 11) is 0. The van der Waals surface area contributed by atoms with Gasteiger partial charge in [-0.15, -0.1) is 0 Å². The maximum atomic E-state index is 5.97. The van der Waals surface area contributed by atoms with Gasteiger partial charge in [0.2, 0.25) is 0 Å². The minimum Gasteiger partial charge on any atom is -0.307 e. The first kappa shape index (κ1) is 12.9. The lowest BCUT2D eigenvalue weighted by Gasteiger charge is -2.35. The molecule has 0 bridgehead atoms. The fraction of sp³-hybridized carbons (Fsp3) is 0.600. The van der Waals surface area contributed by atoms with Gasteiger partial charge in [-0.05, 0) is 49.9 Å². The van der Waals surface area contributed by atoms with E-state index >= 15 is 0 Å². The molecule has 1 aromatic rings. The Bertz CT molecular complexity index is 381. The average Bonchev–Trinajstić information content (AvgIpc) is 2.29. The van der Waals surface area contributed by atoms with E-state index in [-0.39, 0.29) is 0 Å². The minimum absolute atomic E-state index is 0.338. The smallest absolute Gasteiger partial charge is 0.0408 e. The van der Waals surface area contributed by atoms with Crippen molar-refractivity contribution in [2.75, 3.05) is 0 Å². The molecule has 0 atom stereocenters. The molecule has 0 unspecified atom stereocenters. The third-order valence-electron chi connectivity index (χ3n) is 3.97. The van der Waals surface area contributed by atoms with E-state index in [1.807, 2.05) is 12.1 Å². The molecule has 1 aromatic carbocycles. The van der Waals surface area contributed by atoms with Crippen LogP contribution in [0.4, 0.5) is 0 Å². The van der Waals surface area contributed by atoms with Gasteiger partial charge in [-0.2, -0.15) is 0 Å². The fourth-order valence-electron chi connectivity index (χ4n) is 2.68. The first-order chi connectivity index (χ1) is 8.09. The van der Waals surface area contributed by atoms with Gasteiger partial charge in [0.05, 0.1) is 0 Å². The Hall–Kier alpha value is -0.530. The molecule has 1 fully saturated rings. The largest absolute Gasteiger partial charge is 0.307 e. The van der Waals surface area contributed by atoms with Crippen LogP contribution in [0.15, 0.2) is 18.2 Å². The number of hydrogen-bond donors (Lipinski definition) is 1. The van der Waals surface area contributed by atoms with Gasteiger partial charge in [-0.25, -0.2) is 0 Å². The average molecular weight is 252 g/mol. The van der Waals surface area contributed by atoms with Crippen LogP contribution in [0.1, 0.15) is 50.2 Å². The Labute approximate surface area is 110 Å². The summed E-state index contributed by atoms with van der Waals surface area (Å²) < 4.78 is 0. The molecular weight excluding hydrogens is 230 g/mol. The molecule has 94 valence electrons. The summed E-state index contributed by atoms with van der Waals surface area (Å²) in [6, 6.07) is 6.16. The van der Waals surface area contributed by atoms with Gasteiger partial charge in [0.25, 0.3) is 0 Å². The van der Waals surface area contributed by atoms with E-state index in [4.69, 9.17) is 11.6 Å². The highest BCUT2D eigenvalue weighted by Gasteiger charge is 2.25. The molecule has 2 heteroatoms. The first-order valence-corrected chi connectivity index (χ1v) is 6.97. The summed E-state index contributed by atoms with van der Waals surface area (Å²) in [5.74, 6) is 0.